The van der Waals surface area contributed by atoms with E-state index in [1.54, 1.807) is 6.07 Å². The van der Waals surface area contributed by atoms with Gasteiger partial charge in [-0.25, -0.2) is 4.39 Å². The normalized spacial score (nSPS) is 19.4. The van der Waals surface area contributed by atoms with Crippen LogP contribution in [0.25, 0.3) is 0 Å². The van der Waals surface area contributed by atoms with Crippen LogP contribution in [-0.4, -0.2) is 51.3 Å². The summed E-state index contributed by atoms with van der Waals surface area (Å²) in [6, 6.07) is 5.22. The fraction of sp³-hybridized carbons (Fsp3) is 0.600. The zero-order chi connectivity index (χ0) is 14.5. The summed E-state index contributed by atoms with van der Waals surface area (Å²) in [7, 11) is 3.96. The lowest BCUT2D eigenvalue weighted by molar-refractivity contribution is 0.260. The molecule has 1 fully saturated rings. The van der Waals surface area contributed by atoms with Crippen molar-refractivity contribution in [1.82, 2.24) is 4.90 Å². The summed E-state index contributed by atoms with van der Waals surface area (Å²) in [4.78, 5) is 4.05. The number of ether oxygens (including phenoxy) is 1. The van der Waals surface area contributed by atoms with Crippen LogP contribution >= 0.6 is 0 Å². The summed E-state index contributed by atoms with van der Waals surface area (Å²) in [6.07, 6.45) is 2.03. The van der Waals surface area contributed by atoms with Crippen molar-refractivity contribution in [2.75, 3.05) is 45.2 Å². The van der Waals surface area contributed by atoms with E-state index in [4.69, 9.17) is 10.5 Å². The minimum atomic E-state index is -0.235. The Morgan fingerprint density at radius 1 is 1.45 bits per heavy atom. The van der Waals surface area contributed by atoms with E-state index in [1.165, 1.54) is 6.07 Å². The number of nitrogens with zero attached hydrogens (tertiary/aromatic N) is 2. The van der Waals surface area contributed by atoms with Crippen LogP contribution in [0.4, 0.5) is 10.1 Å². The number of nitrogens with two attached hydrogens (primary N) is 1. The Balaban J connectivity index is 1.98. The first-order valence-corrected chi connectivity index (χ1v) is 7.14. The molecular formula is C15H24FN3O. The molecule has 1 aliphatic rings. The summed E-state index contributed by atoms with van der Waals surface area (Å²) >= 11 is 0. The summed E-state index contributed by atoms with van der Waals surface area (Å²) in [6.45, 7) is 2.95. The topological polar surface area (TPSA) is 41.7 Å². The predicted octanol–water partition coefficient (Wildman–Crippen LogP) is 1.69. The number of hydrogen-bond donors (Lipinski definition) is 1. The molecule has 1 saturated heterocycles. The molecule has 1 heterocycles. The lowest BCUT2D eigenvalue weighted by Gasteiger charge is -2.32. The second-order valence-electron chi connectivity index (χ2n) is 5.61. The zero-order valence-corrected chi connectivity index (χ0v) is 12.3. The van der Waals surface area contributed by atoms with Crippen LogP contribution < -0.4 is 15.4 Å². The van der Waals surface area contributed by atoms with Crippen molar-refractivity contribution in [2.24, 2.45) is 5.73 Å². The molecule has 5 heteroatoms. The second kappa shape index (κ2) is 6.90. The smallest absolute Gasteiger partial charge is 0.150 e. The molecule has 0 saturated carbocycles. The third-order valence-corrected chi connectivity index (χ3v) is 3.52. The van der Waals surface area contributed by atoms with Crippen molar-refractivity contribution in [3.63, 3.8) is 0 Å². The number of rotatable bonds is 5. The van der Waals surface area contributed by atoms with Crippen LogP contribution in [0.2, 0.25) is 0 Å². The minimum Gasteiger partial charge on any atom is -0.492 e. The molecule has 1 aromatic carbocycles. The molecule has 1 aromatic rings. The van der Waals surface area contributed by atoms with E-state index in [-0.39, 0.29) is 11.9 Å². The summed E-state index contributed by atoms with van der Waals surface area (Å²) in [5.74, 6) is 0.343. The molecule has 0 aromatic heterocycles. The maximum absolute atomic E-state index is 14.2. The monoisotopic (exact) mass is 281 g/mol. The SMILES string of the molecule is CN(C)CCOc1ccc(N2CCCC(N)C2)c(F)c1. The Kier molecular flexibility index (Phi) is 5.20. The van der Waals surface area contributed by atoms with Crippen LogP contribution in [0.1, 0.15) is 12.8 Å². The summed E-state index contributed by atoms with van der Waals surface area (Å²) in [5, 5.41) is 0. The Hall–Kier alpha value is -1.33. The Bertz CT molecular complexity index is 439. The molecule has 0 amide bonds. The number of hydrogen-bond acceptors (Lipinski definition) is 4. The fourth-order valence-corrected chi connectivity index (χ4v) is 2.41. The van der Waals surface area contributed by atoms with Gasteiger partial charge in [-0.15, -0.1) is 0 Å². The number of halogens is 1. The van der Waals surface area contributed by atoms with Gasteiger partial charge in [0.2, 0.25) is 0 Å². The first-order valence-electron chi connectivity index (χ1n) is 7.14. The standard InChI is InChI=1S/C15H24FN3O/c1-18(2)8-9-20-13-5-6-15(14(16)10-13)19-7-3-4-12(17)11-19/h5-6,10,12H,3-4,7-9,11,17H2,1-2H3. The van der Waals surface area contributed by atoms with Gasteiger partial charge in [-0.2, -0.15) is 0 Å². The van der Waals surface area contributed by atoms with Crippen molar-refractivity contribution >= 4 is 5.69 Å². The minimum absolute atomic E-state index is 0.138. The highest BCUT2D eigenvalue weighted by molar-refractivity contribution is 5.51. The zero-order valence-electron chi connectivity index (χ0n) is 12.3. The average molecular weight is 281 g/mol. The van der Waals surface area contributed by atoms with Gasteiger partial charge in [0.25, 0.3) is 0 Å². The van der Waals surface area contributed by atoms with Crippen LogP contribution in [-0.2, 0) is 0 Å². The fourth-order valence-electron chi connectivity index (χ4n) is 2.41. The highest BCUT2D eigenvalue weighted by atomic mass is 19.1. The molecule has 0 radical (unpaired) electrons. The largest absolute Gasteiger partial charge is 0.492 e. The van der Waals surface area contributed by atoms with E-state index < -0.39 is 0 Å². The third-order valence-electron chi connectivity index (χ3n) is 3.52. The number of piperidine rings is 1. The van der Waals surface area contributed by atoms with Crippen LogP contribution in [0, 0.1) is 5.82 Å². The van der Waals surface area contributed by atoms with Gasteiger partial charge in [0.15, 0.2) is 0 Å². The quantitative estimate of drug-likeness (QED) is 0.892. The molecule has 0 spiro atoms. The lowest BCUT2D eigenvalue weighted by Crippen LogP contribution is -2.43. The molecule has 0 bridgehead atoms. The molecule has 2 rings (SSSR count). The van der Waals surface area contributed by atoms with E-state index in [0.29, 0.717) is 18.0 Å². The van der Waals surface area contributed by atoms with Gasteiger partial charge in [-0.1, -0.05) is 0 Å². The van der Waals surface area contributed by atoms with Crippen LogP contribution in [0.3, 0.4) is 0 Å². The molecule has 20 heavy (non-hydrogen) atoms. The number of likely N-dealkylation sites (N-methyl/N-ethyl adjacent to an activating group) is 1. The van der Waals surface area contributed by atoms with Gasteiger partial charge in [0.1, 0.15) is 18.2 Å². The molecule has 1 atom stereocenters. The molecular weight excluding hydrogens is 257 g/mol. The van der Waals surface area contributed by atoms with Gasteiger partial charge in [-0.05, 0) is 39.1 Å². The van der Waals surface area contributed by atoms with E-state index >= 15 is 0 Å². The maximum Gasteiger partial charge on any atom is 0.150 e. The molecule has 112 valence electrons. The first-order chi connectivity index (χ1) is 9.56. The molecule has 2 N–H and O–H groups in total. The molecule has 1 unspecified atom stereocenters. The lowest BCUT2D eigenvalue weighted by atomic mass is 10.1. The van der Waals surface area contributed by atoms with E-state index in [2.05, 4.69) is 0 Å². The van der Waals surface area contributed by atoms with Gasteiger partial charge in [0, 0.05) is 31.7 Å². The first kappa shape index (κ1) is 15.1. The summed E-state index contributed by atoms with van der Waals surface area (Å²) in [5.41, 5.74) is 6.57. The highest BCUT2D eigenvalue weighted by Crippen LogP contribution is 2.26. The van der Waals surface area contributed by atoms with Crippen LogP contribution in [0.5, 0.6) is 5.75 Å². The third kappa shape index (κ3) is 4.08. The van der Waals surface area contributed by atoms with Crippen molar-refractivity contribution < 1.29 is 9.13 Å². The molecule has 1 aliphatic heterocycles. The van der Waals surface area contributed by atoms with E-state index in [1.807, 2.05) is 30.0 Å². The van der Waals surface area contributed by atoms with Crippen molar-refractivity contribution in [3.8, 4) is 5.75 Å². The van der Waals surface area contributed by atoms with Gasteiger partial charge in [0.05, 0.1) is 5.69 Å². The van der Waals surface area contributed by atoms with Gasteiger partial charge in [-0.3, -0.25) is 0 Å². The van der Waals surface area contributed by atoms with E-state index in [0.717, 1.165) is 32.5 Å². The molecule has 4 nitrogen and oxygen atoms in total. The molecule has 0 aliphatic carbocycles. The average Bonchev–Trinajstić information content (AvgIpc) is 2.38. The Morgan fingerprint density at radius 2 is 2.25 bits per heavy atom. The Morgan fingerprint density at radius 3 is 2.90 bits per heavy atom. The van der Waals surface area contributed by atoms with E-state index in [9.17, 15) is 4.39 Å². The Labute approximate surface area is 120 Å². The maximum atomic E-state index is 14.2. The van der Waals surface area contributed by atoms with Crippen LogP contribution in [0.15, 0.2) is 18.2 Å². The number of anilines is 1. The number of benzene rings is 1. The second-order valence-corrected chi connectivity index (χ2v) is 5.61. The predicted molar refractivity (Wildman–Crippen MR) is 79.9 cm³/mol. The summed E-state index contributed by atoms with van der Waals surface area (Å²) < 4.78 is 19.7. The van der Waals surface area contributed by atoms with Crippen molar-refractivity contribution in [1.29, 1.82) is 0 Å². The van der Waals surface area contributed by atoms with Gasteiger partial charge >= 0.3 is 0 Å². The van der Waals surface area contributed by atoms with Gasteiger partial charge < -0.3 is 20.3 Å². The van der Waals surface area contributed by atoms with Crippen molar-refractivity contribution in [3.05, 3.63) is 24.0 Å². The van der Waals surface area contributed by atoms with Crippen molar-refractivity contribution in [2.45, 2.75) is 18.9 Å². The highest BCUT2D eigenvalue weighted by Gasteiger charge is 2.19.